The Labute approximate surface area is 132 Å². The predicted octanol–water partition coefficient (Wildman–Crippen LogP) is 2.79. The molecule has 1 heterocycles. The minimum absolute atomic E-state index is 0.0334. The minimum Gasteiger partial charge on any atom is -0.314 e. The molecular formula is C17H16N2O4. The maximum Gasteiger partial charge on any atom is 0.270 e. The number of carbonyl (C=O) groups excluding carboxylic acids is 1. The van der Waals surface area contributed by atoms with E-state index >= 15 is 0 Å². The highest BCUT2D eigenvalue weighted by Crippen LogP contribution is 2.30. The number of hydrogen-bond donors (Lipinski definition) is 0. The molecular weight excluding hydrogens is 296 g/mol. The second-order valence-corrected chi connectivity index (χ2v) is 5.77. The summed E-state index contributed by atoms with van der Waals surface area (Å²) in [5.74, 6) is 0.0334. The maximum absolute atomic E-state index is 12.7. The van der Waals surface area contributed by atoms with Gasteiger partial charge in [0.15, 0.2) is 5.78 Å². The predicted molar refractivity (Wildman–Crippen MR) is 85.8 cm³/mol. The molecule has 0 radical (unpaired) electrons. The summed E-state index contributed by atoms with van der Waals surface area (Å²) in [6, 6.07) is 5.97. The number of Topliss-reactive ketones (excluding diaryl/α,β-unsaturated/α-hetero) is 1. The Balaban J connectivity index is 2.33. The number of nitro benzene ring substituents is 1. The van der Waals surface area contributed by atoms with Crippen LogP contribution in [0.3, 0.4) is 0 Å². The first-order valence-corrected chi connectivity index (χ1v) is 7.42. The van der Waals surface area contributed by atoms with Crippen molar-refractivity contribution in [3.63, 3.8) is 0 Å². The third-order valence-corrected chi connectivity index (χ3v) is 4.40. The van der Waals surface area contributed by atoms with E-state index in [1.54, 1.807) is 26.1 Å². The number of aromatic nitrogens is 1. The van der Waals surface area contributed by atoms with Crippen LogP contribution in [0.25, 0.3) is 11.1 Å². The van der Waals surface area contributed by atoms with Crippen molar-refractivity contribution in [3.05, 3.63) is 61.6 Å². The molecule has 1 aliphatic carbocycles. The van der Waals surface area contributed by atoms with Gasteiger partial charge >= 0.3 is 0 Å². The third-order valence-electron chi connectivity index (χ3n) is 4.40. The molecule has 0 unspecified atom stereocenters. The van der Waals surface area contributed by atoms with E-state index in [-0.39, 0.29) is 17.0 Å². The van der Waals surface area contributed by atoms with Gasteiger partial charge in [0.2, 0.25) is 0 Å². The lowest BCUT2D eigenvalue weighted by molar-refractivity contribution is -0.384. The molecule has 1 aromatic heterocycles. The van der Waals surface area contributed by atoms with Gasteiger partial charge in [-0.3, -0.25) is 19.7 Å². The number of fused-ring (bicyclic) bond motifs is 1. The molecule has 0 N–H and O–H groups in total. The quantitative estimate of drug-likeness (QED) is 0.630. The van der Waals surface area contributed by atoms with Gasteiger partial charge in [0, 0.05) is 36.9 Å². The van der Waals surface area contributed by atoms with Crippen molar-refractivity contribution in [3.8, 4) is 11.1 Å². The van der Waals surface area contributed by atoms with Gasteiger partial charge in [-0.15, -0.1) is 0 Å². The van der Waals surface area contributed by atoms with Gasteiger partial charge in [-0.1, -0.05) is 12.1 Å². The molecule has 6 nitrogen and oxygen atoms in total. The molecule has 1 aliphatic rings. The van der Waals surface area contributed by atoms with Crippen molar-refractivity contribution in [1.29, 1.82) is 0 Å². The normalized spacial score (nSPS) is 13.7. The molecule has 1 aromatic carbocycles. The number of ketones is 1. The van der Waals surface area contributed by atoms with E-state index in [9.17, 15) is 19.7 Å². The molecule has 0 atom stereocenters. The Morgan fingerprint density at radius 2 is 1.91 bits per heavy atom. The second-order valence-electron chi connectivity index (χ2n) is 5.77. The van der Waals surface area contributed by atoms with E-state index in [0.29, 0.717) is 35.1 Å². The summed E-state index contributed by atoms with van der Waals surface area (Å²) in [6.07, 6.45) is 1.91. The summed E-state index contributed by atoms with van der Waals surface area (Å²) >= 11 is 0. The number of nitrogens with zero attached hydrogens (tertiary/aromatic N) is 2. The van der Waals surface area contributed by atoms with E-state index in [2.05, 4.69) is 0 Å². The lowest BCUT2D eigenvalue weighted by Crippen LogP contribution is -2.29. The van der Waals surface area contributed by atoms with E-state index < -0.39 is 4.92 Å². The van der Waals surface area contributed by atoms with Gasteiger partial charge in [-0.05, 0) is 30.9 Å². The standard InChI is InChI=1S/C17H16N2O4/c1-10-15(11-5-3-6-12(9-11)19(22)23)17(21)18(2)13-7-4-8-14(20)16(10)13/h3,5-6,9H,4,7-8H2,1-2H3. The molecule has 0 bridgehead atoms. The SMILES string of the molecule is Cc1c2c(n(C)c(=O)c1-c1cccc([N+](=O)[O-])c1)CCCC2=O. The van der Waals surface area contributed by atoms with Crippen molar-refractivity contribution in [2.24, 2.45) is 7.05 Å². The molecule has 118 valence electrons. The minimum atomic E-state index is -0.493. The fourth-order valence-corrected chi connectivity index (χ4v) is 3.28. The van der Waals surface area contributed by atoms with Crippen molar-refractivity contribution < 1.29 is 9.72 Å². The van der Waals surface area contributed by atoms with Crippen LogP contribution in [0.15, 0.2) is 29.1 Å². The van der Waals surface area contributed by atoms with Gasteiger partial charge in [-0.2, -0.15) is 0 Å². The van der Waals surface area contributed by atoms with Crippen molar-refractivity contribution in [1.82, 2.24) is 4.57 Å². The van der Waals surface area contributed by atoms with E-state index in [4.69, 9.17) is 0 Å². The number of rotatable bonds is 2. The lowest BCUT2D eigenvalue weighted by Gasteiger charge is -2.22. The van der Waals surface area contributed by atoms with Gasteiger partial charge in [0.25, 0.3) is 11.2 Å². The lowest BCUT2D eigenvalue weighted by atomic mass is 9.87. The number of non-ortho nitro benzene ring substituents is 1. The van der Waals surface area contributed by atoms with Gasteiger partial charge in [0.1, 0.15) is 0 Å². The second kappa shape index (κ2) is 5.46. The zero-order valence-corrected chi connectivity index (χ0v) is 13.0. The molecule has 0 amide bonds. The van der Waals surface area contributed by atoms with Crippen molar-refractivity contribution in [2.45, 2.75) is 26.2 Å². The van der Waals surface area contributed by atoms with Crippen LogP contribution in [0, 0.1) is 17.0 Å². The third kappa shape index (κ3) is 2.36. The van der Waals surface area contributed by atoms with Crippen molar-refractivity contribution >= 4 is 11.5 Å². The van der Waals surface area contributed by atoms with Gasteiger partial charge in [0.05, 0.1) is 10.5 Å². The number of nitro groups is 1. The van der Waals surface area contributed by atoms with Crippen LogP contribution in [0.1, 0.15) is 34.5 Å². The van der Waals surface area contributed by atoms with Crippen LogP contribution in [0.5, 0.6) is 0 Å². The fraction of sp³-hybridized carbons (Fsp3) is 0.294. The van der Waals surface area contributed by atoms with Crippen LogP contribution in [0.2, 0.25) is 0 Å². The molecule has 2 aromatic rings. The van der Waals surface area contributed by atoms with E-state index in [1.165, 1.54) is 16.7 Å². The Morgan fingerprint density at radius 3 is 2.61 bits per heavy atom. The molecule has 0 saturated carbocycles. The Kier molecular flexibility index (Phi) is 3.60. The molecule has 6 heteroatoms. The summed E-state index contributed by atoms with van der Waals surface area (Å²) in [5.41, 5.74) is 2.51. The number of carbonyl (C=O) groups is 1. The first-order chi connectivity index (χ1) is 10.9. The van der Waals surface area contributed by atoms with Crippen LogP contribution in [-0.4, -0.2) is 15.3 Å². The highest BCUT2D eigenvalue weighted by Gasteiger charge is 2.26. The summed E-state index contributed by atoms with van der Waals surface area (Å²) in [4.78, 5) is 35.5. The maximum atomic E-state index is 12.7. The Hall–Kier alpha value is -2.76. The van der Waals surface area contributed by atoms with E-state index in [1.807, 2.05) is 0 Å². The number of pyridine rings is 1. The summed E-state index contributed by atoms with van der Waals surface area (Å²) < 4.78 is 1.51. The Bertz CT molecular complexity index is 896. The highest BCUT2D eigenvalue weighted by molar-refractivity contribution is 6.01. The average molecular weight is 312 g/mol. The smallest absolute Gasteiger partial charge is 0.270 e. The van der Waals surface area contributed by atoms with Crippen LogP contribution in [0.4, 0.5) is 5.69 Å². The fourth-order valence-electron chi connectivity index (χ4n) is 3.28. The monoisotopic (exact) mass is 312 g/mol. The Morgan fingerprint density at radius 1 is 1.17 bits per heavy atom. The van der Waals surface area contributed by atoms with Gasteiger partial charge in [-0.25, -0.2) is 0 Å². The van der Waals surface area contributed by atoms with Crippen LogP contribution in [-0.2, 0) is 13.5 Å². The topological polar surface area (TPSA) is 82.2 Å². The van der Waals surface area contributed by atoms with E-state index in [0.717, 1.165) is 12.1 Å². The van der Waals surface area contributed by atoms with Crippen molar-refractivity contribution in [2.75, 3.05) is 0 Å². The van der Waals surface area contributed by atoms with Gasteiger partial charge < -0.3 is 4.57 Å². The average Bonchev–Trinajstić information content (AvgIpc) is 2.53. The molecule has 0 saturated heterocycles. The highest BCUT2D eigenvalue weighted by atomic mass is 16.6. The van der Waals surface area contributed by atoms with Crippen LogP contribution < -0.4 is 5.56 Å². The first kappa shape index (κ1) is 15.1. The number of benzene rings is 1. The molecule has 23 heavy (non-hydrogen) atoms. The largest absolute Gasteiger partial charge is 0.314 e. The molecule has 0 aliphatic heterocycles. The zero-order valence-electron chi connectivity index (χ0n) is 13.0. The number of hydrogen-bond acceptors (Lipinski definition) is 4. The zero-order chi connectivity index (χ0) is 16.7. The summed E-state index contributed by atoms with van der Waals surface area (Å²) in [5, 5.41) is 11.0. The summed E-state index contributed by atoms with van der Waals surface area (Å²) in [6.45, 7) is 1.75. The first-order valence-electron chi connectivity index (χ1n) is 7.42. The molecule has 3 rings (SSSR count). The van der Waals surface area contributed by atoms with Crippen LogP contribution >= 0.6 is 0 Å². The molecule has 0 spiro atoms. The summed E-state index contributed by atoms with van der Waals surface area (Å²) in [7, 11) is 1.65. The molecule has 0 fully saturated rings.